The Balaban J connectivity index is 2.28. The number of amides is 1. The van der Waals surface area contributed by atoms with Gasteiger partial charge in [0.1, 0.15) is 0 Å². The van der Waals surface area contributed by atoms with Gasteiger partial charge in [-0.05, 0) is 45.0 Å². The zero-order valence-electron chi connectivity index (χ0n) is 14.9. The van der Waals surface area contributed by atoms with Crippen LogP contribution in [-0.4, -0.2) is 62.8 Å². The van der Waals surface area contributed by atoms with Crippen LogP contribution in [-0.2, 0) is 10.0 Å². The summed E-state index contributed by atoms with van der Waals surface area (Å²) in [4.78, 5) is 14.7. The van der Waals surface area contributed by atoms with Crippen LogP contribution in [0.3, 0.4) is 0 Å². The van der Waals surface area contributed by atoms with E-state index in [0.29, 0.717) is 31.7 Å². The van der Waals surface area contributed by atoms with Gasteiger partial charge in [-0.2, -0.15) is 4.31 Å². The van der Waals surface area contributed by atoms with Crippen molar-refractivity contribution in [3.8, 4) is 0 Å². The van der Waals surface area contributed by atoms with Crippen LogP contribution < -0.4 is 5.32 Å². The molecule has 1 amide bonds. The summed E-state index contributed by atoms with van der Waals surface area (Å²) in [5.41, 5.74) is 1.19. The molecule has 0 bridgehead atoms. The number of hydrogen-bond donors (Lipinski definition) is 1. The van der Waals surface area contributed by atoms with E-state index < -0.39 is 10.0 Å². The molecule has 1 heterocycles. The van der Waals surface area contributed by atoms with Crippen LogP contribution in [0.15, 0.2) is 23.1 Å². The van der Waals surface area contributed by atoms with Gasteiger partial charge < -0.3 is 10.2 Å². The van der Waals surface area contributed by atoms with E-state index >= 15 is 0 Å². The van der Waals surface area contributed by atoms with E-state index in [1.54, 1.807) is 12.1 Å². The van der Waals surface area contributed by atoms with E-state index in [0.717, 1.165) is 12.0 Å². The van der Waals surface area contributed by atoms with Crippen molar-refractivity contribution >= 4 is 15.9 Å². The molecule has 0 aliphatic carbocycles. The summed E-state index contributed by atoms with van der Waals surface area (Å²) >= 11 is 0. The second-order valence-corrected chi connectivity index (χ2v) is 8.40. The highest BCUT2D eigenvalue weighted by Gasteiger charge is 2.28. The standard InChI is InChI=1S/C17H27N3O3S/c1-5-14(3)18-17(21)16-12-15(7-6-13(16)2)24(22,23)20-10-8-19(4)9-11-20/h6-7,12,14H,5,8-11H2,1-4H3,(H,18,21). The first-order chi connectivity index (χ1) is 11.3. The zero-order chi connectivity index (χ0) is 17.9. The predicted octanol–water partition coefficient (Wildman–Crippen LogP) is 1.46. The minimum atomic E-state index is -3.57. The minimum Gasteiger partial charge on any atom is -0.350 e. The molecule has 0 radical (unpaired) electrons. The average molecular weight is 353 g/mol. The van der Waals surface area contributed by atoms with Gasteiger partial charge in [0, 0.05) is 37.8 Å². The number of sulfonamides is 1. The summed E-state index contributed by atoms with van der Waals surface area (Å²) in [5.74, 6) is -0.225. The maximum atomic E-state index is 12.8. The molecular formula is C17H27N3O3S. The summed E-state index contributed by atoms with van der Waals surface area (Å²) in [6.07, 6.45) is 0.823. The number of rotatable bonds is 5. The third-order valence-corrected chi connectivity index (χ3v) is 6.44. The van der Waals surface area contributed by atoms with Crippen molar-refractivity contribution in [1.29, 1.82) is 0 Å². The summed E-state index contributed by atoms with van der Waals surface area (Å²) < 4.78 is 27.2. The van der Waals surface area contributed by atoms with Crippen LogP contribution in [0.4, 0.5) is 0 Å². The quantitative estimate of drug-likeness (QED) is 0.870. The third-order valence-electron chi connectivity index (χ3n) is 4.54. The summed E-state index contributed by atoms with van der Waals surface area (Å²) in [6, 6.07) is 4.84. The Morgan fingerprint density at radius 3 is 2.46 bits per heavy atom. The van der Waals surface area contributed by atoms with Gasteiger partial charge in [-0.1, -0.05) is 13.0 Å². The van der Waals surface area contributed by atoms with Gasteiger partial charge in [0.05, 0.1) is 4.90 Å². The summed E-state index contributed by atoms with van der Waals surface area (Å²) in [5, 5.41) is 2.90. The first kappa shape index (κ1) is 18.9. The molecule has 1 aromatic carbocycles. The Morgan fingerprint density at radius 2 is 1.88 bits per heavy atom. The molecule has 0 saturated carbocycles. The first-order valence-electron chi connectivity index (χ1n) is 8.36. The Bertz CT molecular complexity index is 695. The van der Waals surface area contributed by atoms with Crippen LogP contribution in [0.2, 0.25) is 0 Å². The van der Waals surface area contributed by atoms with Crippen LogP contribution >= 0.6 is 0 Å². The molecular weight excluding hydrogens is 326 g/mol. The lowest BCUT2D eigenvalue weighted by molar-refractivity contribution is 0.0938. The summed E-state index contributed by atoms with van der Waals surface area (Å²) in [7, 11) is -1.59. The lowest BCUT2D eigenvalue weighted by Gasteiger charge is -2.31. The number of carbonyl (C=O) groups excluding carboxylic acids is 1. The number of hydrogen-bond acceptors (Lipinski definition) is 4. The minimum absolute atomic E-state index is 0.0507. The number of likely N-dealkylation sites (N-methyl/N-ethyl adjacent to an activating group) is 1. The van der Waals surface area contributed by atoms with Crippen LogP contribution in [0.5, 0.6) is 0 Å². The maximum Gasteiger partial charge on any atom is 0.251 e. The molecule has 1 unspecified atom stereocenters. The first-order valence-corrected chi connectivity index (χ1v) is 9.80. The van der Waals surface area contributed by atoms with Crippen molar-refractivity contribution in [2.24, 2.45) is 0 Å². The molecule has 2 rings (SSSR count). The predicted molar refractivity (Wildman–Crippen MR) is 94.7 cm³/mol. The van der Waals surface area contributed by atoms with Crippen molar-refractivity contribution < 1.29 is 13.2 Å². The van der Waals surface area contributed by atoms with Crippen LogP contribution in [0, 0.1) is 6.92 Å². The Labute approximate surface area is 144 Å². The molecule has 134 valence electrons. The van der Waals surface area contributed by atoms with Gasteiger partial charge in [0.15, 0.2) is 0 Å². The highest BCUT2D eigenvalue weighted by Crippen LogP contribution is 2.21. The molecule has 1 saturated heterocycles. The number of benzene rings is 1. The number of aryl methyl sites for hydroxylation is 1. The molecule has 1 aromatic rings. The smallest absolute Gasteiger partial charge is 0.251 e. The molecule has 1 fully saturated rings. The molecule has 0 aromatic heterocycles. The Hall–Kier alpha value is -1.44. The van der Waals surface area contributed by atoms with Crippen molar-refractivity contribution in [2.45, 2.75) is 38.1 Å². The van der Waals surface area contributed by atoms with E-state index in [4.69, 9.17) is 0 Å². The highest BCUT2D eigenvalue weighted by molar-refractivity contribution is 7.89. The van der Waals surface area contributed by atoms with E-state index in [-0.39, 0.29) is 16.8 Å². The SMILES string of the molecule is CCC(C)NC(=O)c1cc(S(=O)(=O)N2CCN(C)CC2)ccc1C. The van der Waals surface area contributed by atoms with E-state index in [1.807, 2.05) is 27.8 Å². The number of piperazine rings is 1. The fraction of sp³-hybridized carbons (Fsp3) is 0.588. The van der Waals surface area contributed by atoms with E-state index in [9.17, 15) is 13.2 Å². The van der Waals surface area contributed by atoms with Gasteiger partial charge >= 0.3 is 0 Å². The number of carbonyl (C=O) groups is 1. The Kier molecular flexibility index (Phi) is 6.01. The normalized spacial score (nSPS) is 18.3. The van der Waals surface area contributed by atoms with Crippen molar-refractivity contribution in [2.75, 3.05) is 33.2 Å². The molecule has 1 aliphatic heterocycles. The van der Waals surface area contributed by atoms with Gasteiger partial charge in [-0.15, -0.1) is 0 Å². The van der Waals surface area contributed by atoms with Crippen molar-refractivity contribution in [3.63, 3.8) is 0 Å². The van der Waals surface area contributed by atoms with Gasteiger partial charge in [-0.25, -0.2) is 8.42 Å². The van der Waals surface area contributed by atoms with Crippen molar-refractivity contribution in [3.05, 3.63) is 29.3 Å². The Morgan fingerprint density at radius 1 is 1.25 bits per heavy atom. The number of nitrogens with one attached hydrogen (secondary N) is 1. The second-order valence-electron chi connectivity index (χ2n) is 6.47. The third kappa shape index (κ3) is 4.15. The second kappa shape index (κ2) is 7.63. The van der Waals surface area contributed by atoms with Crippen molar-refractivity contribution in [1.82, 2.24) is 14.5 Å². The highest BCUT2D eigenvalue weighted by atomic mass is 32.2. The van der Waals surface area contributed by atoms with E-state index in [1.165, 1.54) is 10.4 Å². The molecule has 1 aliphatic rings. The maximum absolute atomic E-state index is 12.8. The van der Waals surface area contributed by atoms with Crippen LogP contribution in [0.1, 0.15) is 36.2 Å². The van der Waals surface area contributed by atoms with Crippen LogP contribution in [0.25, 0.3) is 0 Å². The van der Waals surface area contributed by atoms with Gasteiger partial charge in [0.25, 0.3) is 5.91 Å². The lowest BCUT2D eigenvalue weighted by atomic mass is 10.1. The number of nitrogens with zero attached hydrogens (tertiary/aromatic N) is 2. The molecule has 1 atom stereocenters. The lowest BCUT2D eigenvalue weighted by Crippen LogP contribution is -2.47. The van der Waals surface area contributed by atoms with Gasteiger partial charge in [-0.3, -0.25) is 4.79 Å². The fourth-order valence-corrected chi connectivity index (χ4v) is 4.04. The molecule has 1 N–H and O–H groups in total. The molecule has 24 heavy (non-hydrogen) atoms. The average Bonchev–Trinajstić information content (AvgIpc) is 2.55. The van der Waals surface area contributed by atoms with Gasteiger partial charge in [0.2, 0.25) is 10.0 Å². The molecule has 7 heteroatoms. The molecule has 0 spiro atoms. The van der Waals surface area contributed by atoms with E-state index in [2.05, 4.69) is 10.2 Å². The summed E-state index contributed by atoms with van der Waals surface area (Å²) in [6.45, 7) is 8.11. The topological polar surface area (TPSA) is 69.7 Å². The fourth-order valence-electron chi connectivity index (χ4n) is 2.59. The zero-order valence-corrected chi connectivity index (χ0v) is 15.7. The largest absolute Gasteiger partial charge is 0.350 e. The molecule has 6 nitrogen and oxygen atoms in total. The monoisotopic (exact) mass is 353 g/mol.